The maximum absolute atomic E-state index is 12.5. The number of carboxylic acids is 1. The fraction of sp³-hybridized carbons (Fsp3) is 0.350. The molecular formula is C20H23N3O6S. The third-order valence-corrected chi connectivity index (χ3v) is 6.47. The smallest absolute Gasteiger partial charge is 0.323 e. The summed E-state index contributed by atoms with van der Waals surface area (Å²) in [6, 6.07) is 8.59. The average molecular weight is 433 g/mol. The van der Waals surface area contributed by atoms with Gasteiger partial charge in [0, 0.05) is 30.4 Å². The summed E-state index contributed by atoms with van der Waals surface area (Å²) in [6.07, 6.45) is 1.58. The summed E-state index contributed by atoms with van der Waals surface area (Å²) in [7, 11) is -4.08. The Labute approximate surface area is 173 Å². The van der Waals surface area contributed by atoms with E-state index in [2.05, 4.69) is 17.0 Å². The molecule has 1 aliphatic heterocycles. The molecule has 0 radical (unpaired) electrons. The first kappa shape index (κ1) is 21.7. The van der Waals surface area contributed by atoms with Gasteiger partial charge in [0.2, 0.25) is 10.0 Å². The first-order chi connectivity index (χ1) is 14.2. The van der Waals surface area contributed by atoms with Crippen LogP contribution < -0.4 is 15.6 Å². The van der Waals surface area contributed by atoms with Gasteiger partial charge in [-0.2, -0.15) is 4.72 Å². The topological polar surface area (TPSA) is 135 Å². The second kappa shape index (κ2) is 8.80. The fourth-order valence-corrected chi connectivity index (χ4v) is 4.54. The van der Waals surface area contributed by atoms with Crippen LogP contribution in [-0.4, -0.2) is 42.6 Å². The minimum atomic E-state index is -4.08. The Morgan fingerprint density at radius 2 is 1.93 bits per heavy atom. The minimum Gasteiger partial charge on any atom is -0.480 e. The third kappa shape index (κ3) is 4.95. The Bertz CT molecular complexity index is 1110. The largest absolute Gasteiger partial charge is 0.480 e. The van der Waals surface area contributed by atoms with Crippen molar-refractivity contribution in [2.75, 3.05) is 6.54 Å². The highest BCUT2D eigenvalue weighted by Crippen LogP contribution is 2.18. The molecule has 10 heteroatoms. The number of benzene rings is 1. The first-order valence-corrected chi connectivity index (χ1v) is 11.0. The summed E-state index contributed by atoms with van der Waals surface area (Å²) in [5.41, 5.74) is 0.588. The summed E-state index contributed by atoms with van der Waals surface area (Å²) in [6.45, 7) is 2.17. The molecule has 0 saturated carbocycles. The highest BCUT2D eigenvalue weighted by Gasteiger charge is 2.26. The molecule has 9 nitrogen and oxygen atoms in total. The highest BCUT2D eigenvalue weighted by molar-refractivity contribution is 7.89. The van der Waals surface area contributed by atoms with E-state index in [0.717, 1.165) is 12.1 Å². The molecule has 3 N–H and O–H groups in total. The number of rotatable bonds is 7. The molecule has 0 aliphatic carbocycles. The average Bonchev–Trinajstić information content (AvgIpc) is 2.71. The van der Waals surface area contributed by atoms with Crippen molar-refractivity contribution in [3.8, 4) is 0 Å². The summed E-state index contributed by atoms with van der Waals surface area (Å²) in [5.74, 6) is -1.70. The molecule has 2 atom stereocenters. The lowest BCUT2D eigenvalue weighted by atomic mass is 9.98. The molecule has 30 heavy (non-hydrogen) atoms. The summed E-state index contributed by atoms with van der Waals surface area (Å²) >= 11 is 0. The lowest BCUT2D eigenvalue weighted by molar-refractivity contribution is -0.138. The zero-order valence-corrected chi connectivity index (χ0v) is 17.2. The SMILES string of the molecule is CC1CCc2cc(C(=O)NCC(NS(=O)(=O)c3ccccc3)C(=O)O)cc(=O)n2C1. The number of nitrogens with zero attached hydrogens (tertiary/aromatic N) is 1. The van der Waals surface area contributed by atoms with E-state index in [1.807, 2.05) is 0 Å². The predicted octanol–water partition coefficient (Wildman–Crippen LogP) is 0.592. The van der Waals surface area contributed by atoms with Crippen LogP contribution in [-0.2, 0) is 27.8 Å². The number of pyridine rings is 1. The van der Waals surface area contributed by atoms with Crippen molar-refractivity contribution in [2.45, 2.75) is 37.2 Å². The summed E-state index contributed by atoms with van der Waals surface area (Å²) in [4.78, 5) is 36.2. The van der Waals surface area contributed by atoms with Gasteiger partial charge in [0.1, 0.15) is 6.04 Å². The number of sulfonamides is 1. The second-order valence-electron chi connectivity index (χ2n) is 7.36. The van der Waals surface area contributed by atoms with E-state index in [0.29, 0.717) is 18.9 Å². The zero-order chi connectivity index (χ0) is 21.9. The van der Waals surface area contributed by atoms with Gasteiger partial charge in [-0.3, -0.25) is 14.4 Å². The minimum absolute atomic E-state index is 0.0838. The molecule has 160 valence electrons. The molecule has 3 rings (SSSR count). The van der Waals surface area contributed by atoms with Gasteiger partial charge in [-0.15, -0.1) is 0 Å². The van der Waals surface area contributed by atoms with Gasteiger partial charge in [-0.1, -0.05) is 25.1 Å². The molecule has 0 saturated heterocycles. The van der Waals surface area contributed by atoms with Crippen molar-refractivity contribution >= 4 is 21.9 Å². The Balaban J connectivity index is 1.71. The molecule has 2 heterocycles. The Morgan fingerprint density at radius 1 is 1.23 bits per heavy atom. The van der Waals surface area contributed by atoms with Gasteiger partial charge in [0.05, 0.1) is 4.90 Å². The number of carboxylic acid groups (broad SMARTS) is 1. The van der Waals surface area contributed by atoms with Gasteiger partial charge in [0.25, 0.3) is 11.5 Å². The maximum atomic E-state index is 12.5. The molecule has 0 bridgehead atoms. The number of carbonyl (C=O) groups excluding carboxylic acids is 1. The van der Waals surface area contributed by atoms with Gasteiger partial charge in [-0.25, -0.2) is 8.42 Å². The van der Waals surface area contributed by atoms with E-state index in [1.54, 1.807) is 16.7 Å². The van der Waals surface area contributed by atoms with Crippen molar-refractivity contribution in [3.05, 3.63) is 64.1 Å². The van der Waals surface area contributed by atoms with Crippen LogP contribution in [0, 0.1) is 5.92 Å². The van der Waals surface area contributed by atoms with Crippen LogP contribution in [0.4, 0.5) is 0 Å². The number of hydrogen-bond acceptors (Lipinski definition) is 5. The summed E-state index contributed by atoms with van der Waals surface area (Å²) < 4.78 is 28.4. The van der Waals surface area contributed by atoms with Gasteiger partial charge >= 0.3 is 5.97 Å². The molecule has 2 aromatic rings. The lowest BCUT2D eigenvalue weighted by Crippen LogP contribution is -2.48. The second-order valence-corrected chi connectivity index (χ2v) is 9.08. The van der Waals surface area contributed by atoms with Crippen molar-refractivity contribution in [1.29, 1.82) is 0 Å². The van der Waals surface area contributed by atoms with Crippen LogP contribution in [0.2, 0.25) is 0 Å². The van der Waals surface area contributed by atoms with Crippen LogP contribution in [0.5, 0.6) is 0 Å². The zero-order valence-electron chi connectivity index (χ0n) is 16.4. The van der Waals surface area contributed by atoms with Gasteiger partial charge in [-0.05, 0) is 37.0 Å². The van der Waals surface area contributed by atoms with Crippen LogP contribution in [0.25, 0.3) is 0 Å². The molecule has 2 unspecified atom stereocenters. The van der Waals surface area contributed by atoms with Crippen LogP contribution in [0.15, 0.2) is 52.2 Å². The lowest BCUT2D eigenvalue weighted by Gasteiger charge is -2.24. The van der Waals surface area contributed by atoms with Crippen molar-refractivity contribution in [2.24, 2.45) is 5.92 Å². The van der Waals surface area contributed by atoms with Gasteiger partial charge in [0.15, 0.2) is 0 Å². The maximum Gasteiger partial charge on any atom is 0.323 e. The van der Waals surface area contributed by atoms with Crippen molar-refractivity contribution < 1.29 is 23.1 Å². The number of nitrogens with one attached hydrogen (secondary N) is 2. The van der Waals surface area contributed by atoms with E-state index in [1.165, 1.54) is 30.3 Å². The first-order valence-electron chi connectivity index (χ1n) is 9.49. The van der Waals surface area contributed by atoms with Crippen molar-refractivity contribution in [1.82, 2.24) is 14.6 Å². The number of amides is 1. The fourth-order valence-electron chi connectivity index (χ4n) is 3.33. The molecular weight excluding hydrogens is 410 g/mol. The van der Waals surface area contributed by atoms with E-state index in [-0.39, 0.29) is 16.0 Å². The molecule has 1 aromatic carbocycles. The normalized spacial score (nSPS) is 17.0. The van der Waals surface area contributed by atoms with Crippen LogP contribution in [0.3, 0.4) is 0 Å². The van der Waals surface area contributed by atoms with E-state index in [9.17, 15) is 27.9 Å². The molecule has 0 spiro atoms. The number of aryl methyl sites for hydroxylation is 1. The predicted molar refractivity (Wildman–Crippen MR) is 109 cm³/mol. The number of hydrogen-bond donors (Lipinski definition) is 3. The number of fused-ring (bicyclic) bond motifs is 1. The standard InChI is InChI=1S/C20H23N3O6S/c1-13-7-8-15-9-14(10-18(24)23(15)12-13)19(25)21-11-17(20(26)27)22-30(28,29)16-5-3-2-4-6-16/h2-6,9-10,13,17,22H,7-8,11-12H2,1H3,(H,21,25)(H,26,27). The molecule has 1 amide bonds. The molecule has 1 aromatic heterocycles. The van der Waals surface area contributed by atoms with E-state index < -0.39 is 34.5 Å². The highest BCUT2D eigenvalue weighted by atomic mass is 32.2. The van der Waals surface area contributed by atoms with E-state index in [4.69, 9.17) is 0 Å². The quantitative estimate of drug-likeness (QED) is 0.585. The monoisotopic (exact) mass is 433 g/mol. The molecule has 1 aliphatic rings. The Hall–Kier alpha value is -2.98. The number of carbonyl (C=O) groups is 2. The number of aliphatic carboxylic acids is 1. The van der Waals surface area contributed by atoms with Gasteiger partial charge < -0.3 is 15.0 Å². The summed E-state index contributed by atoms with van der Waals surface area (Å²) in [5, 5.41) is 11.8. The Kier molecular flexibility index (Phi) is 6.37. The number of aromatic nitrogens is 1. The third-order valence-electron chi connectivity index (χ3n) is 4.98. The Morgan fingerprint density at radius 3 is 2.60 bits per heavy atom. The van der Waals surface area contributed by atoms with Crippen LogP contribution in [0.1, 0.15) is 29.4 Å². The van der Waals surface area contributed by atoms with Crippen molar-refractivity contribution in [3.63, 3.8) is 0 Å². The van der Waals surface area contributed by atoms with E-state index >= 15 is 0 Å². The van der Waals surface area contributed by atoms with Crippen LogP contribution >= 0.6 is 0 Å². The molecule has 0 fully saturated rings.